The van der Waals surface area contributed by atoms with Crippen LogP contribution in [0.4, 0.5) is 8.78 Å². The normalized spacial score (nSPS) is 15.2. The van der Waals surface area contributed by atoms with Crippen LogP contribution in [0, 0.1) is 11.6 Å². The van der Waals surface area contributed by atoms with Crippen molar-refractivity contribution in [2.45, 2.75) is 6.54 Å². The summed E-state index contributed by atoms with van der Waals surface area (Å²) in [5.41, 5.74) is 1.12. The van der Waals surface area contributed by atoms with E-state index in [1.54, 1.807) is 12.0 Å². The van der Waals surface area contributed by atoms with Gasteiger partial charge in [0, 0.05) is 32.7 Å². The first-order valence-corrected chi connectivity index (χ1v) is 8.65. The number of methoxy groups -OCH3 is 1. The molecule has 0 bridgehead atoms. The van der Waals surface area contributed by atoms with Gasteiger partial charge in [-0.2, -0.15) is 0 Å². The first kappa shape index (κ1) is 18.6. The van der Waals surface area contributed by atoms with E-state index in [1.807, 2.05) is 24.3 Å². The summed E-state index contributed by atoms with van der Waals surface area (Å²) in [5, 5.41) is -0.0762. The average molecular weight is 381 g/mol. The van der Waals surface area contributed by atoms with E-state index in [1.165, 1.54) is 0 Å². The van der Waals surface area contributed by atoms with Gasteiger partial charge in [-0.3, -0.25) is 9.69 Å². The van der Waals surface area contributed by atoms with Crippen LogP contribution in [0.5, 0.6) is 5.75 Å². The SMILES string of the molecule is COc1cccc(CN2CCN(C(=O)c3cc(F)c(F)cc3Cl)CC2)c1. The van der Waals surface area contributed by atoms with E-state index >= 15 is 0 Å². The summed E-state index contributed by atoms with van der Waals surface area (Å²) < 4.78 is 31.8. The predicted octanol–water partition coefficient (Wildman–Crippen LogP) is 3.58. The van der Waals surface area contributed by atoms with Crippen LogP contribution in [0.1, 0.15) is 15.9 Å². The van der Waals surface area contributed by atoms with Gasteiger partial charge in [0.05, 0.1) is 17.7 Å². The molecule has 0 saturated carbocycles. The van der Waals surface area contributed by atoms with Crippen LogP contribution in [-0.2, 0) is 6.54 Å². The van der Waals surface area contributed by atoms with Crippen LogP contribution in [0.2, 0.25) is 5.02 Å². The Morgan fingerprint density at radius 3 is 2.50 bits per heavy atom. The number of hydrogen-bond acceptors (Lipinski definition) is 3. The van der Waals surface area contributed by atoms with Gasteiger partial charge in [-0.25, -0.2) is 8.78 Å². The molecule has 2 aromatic rings. The van der Waals surface area contributed by atoms with Crippen molar-refractivity contribution in [1.82, 2.24) is 9.80 Å². The Labute approximate surface area is 155 Å². The van der Waals surface area contributed by atoms with Gasteiger partial charge in [0.15, 0.2) is 11.6 Å². The monoisotopic (exact) mass is 380 g/mol. The van der Waals surface area contributed by atoms with Crippen LogP contribution in [0.25, 0.3) is 0 Å². The van der Waals surface area contributed by atoms with Crippen LogP contribution in [-0.4, -0.2) is 49.0 Å². The lowest BCUT2D eigenvalue weighted by atomic mass is 10.1. The molecule has 0 radical (unpaired) electrons. The Kier molecular flexibility index (Phi) is 5.74. The molecule has 138 valence electrons. The van der Waals surface area contributed by atoms with Crippen molar-refractivity contribution in [3.63, 3.8) is 0 Å². The maximum Gasteiger partial charge on any atom is 0.255 e. The van der Waals surface area contributed by atoms with Gasteiger partial charge in [0.2, 0.25) is 0 Å². The van der Waals surface area contributed by atoms with E-state index in [0.29, 0.717) is 26.2 Å². The Morgan fingerprint density at radius 2 is 1.81 bits per heavy atom. The largest absolute Gasteiger partial charge is 0.497 e. The van der Waals surface area contributed by atoms with Gasteiger partial charge in [0.25, 0.3) is 5.91 Å². The predicted molar refractivity (Wildman–Crippen MR) is 95.5 cm³/mol. The Hall–Kier alpha value is -2.18. The maximum absolute atomic E-state index is 13.4. The molecule has 1 saturated heterocycles. The van der Waals surface area contributed by atoms with Crippen molar-refractivity contribution in [3.8, 4) is 5.75 Å². The fourth-order valence-electron chi connectivity index (χ4n) is 2.99. The lowest BCUT2D eigenvalue weighted by Crippen LogP contribution is -2.48. The zero-order valence-corrected chi connectivity index (χ0v) is 15.1. The van der Waals surface area contributed by atoms with Crippen LogP contribution >= 0.6 is 11.6 Å². The molecule has 0 aliphatic carbocycles. The number of hydrogen-bond donors (Lipinski definition) is 0. The highest BCUT2D eigenvalue weighted by atomic mass is 35.5. The summed E-state index contributed by atoms with van der Waals surface area (Å²) in [6, 6.07) is 9.55. The fourth-order valence-corrected chi connectivity index (χ4v) is 3.23. The molecule has 0 spiro atoms. The van der Waals surface area contributed by atoms with Gasteiger partial charge in [-0.15, -0.1) is 0 Å². The van der Waals surface area contributed by atoms with Crippen molar-refractivity contribution in [2.75, 3.05) is 33.3 Å². The summed E-state index contributed by atoms with van der Waals surface area (Å²) in [6.45, 7) is 3.12. The Bertz CT molecular complexity index is 808. The smallest absolute Gasteiger partial charge is 0.255 e. The number of amides is 1. The molecule has 1 aliphatic rings. The van der Waals surface area contributed by atoms with Crippen molar-refractivity contribution in [1.29, 1.82) is 0 Å². The topological polar surface area (TPSA) is 32.8 Å². The second kappa shape index (κ2) is 8.01. The van der Waals surface area contributed by atoms with E-state index in [-0.39, 0.29) is 16.5 Å². The number of carbonyl (C=O) groups excluding carboxylic acids is 1. The molecule has 0 atom stereocenters. The minimum atomic E-state index is -1.07. The van der Waals surface area contributed by atoms with Crippen molar-refractivity contribution in [2.24, 2.45) is 0 Å². The van der Waals surface area contributed by atoms with Gasteiger partial charge in [-0.1, -0.05) is 23.7 Å². The number of ether oxygens (including phenoxy) is 1. The highest BCUT2D eigenvalue weighted by molar-refractivity contribution is 6.33. The molecule has 0 aromatic heterocycles. The lowest BCUT2D eigenvalue weighted by Gasteiger charge is -2.35. The third kappa shape index (κ3) is 4.14. The lowest BCUT2D eigenvalue weighted by molar-refractivity contribution is 0.0628. The molecule has 1 amide bonds. The number of piperazine rings is 1. The highest BCUT2D eigenvalue weighted by Crippen LogP contribution is 2.22. The van der Waals surface area contributed by atoms with Crippen LogP contribution in [0.3, 0.4) is 0 Å². The molecule has 1 heterocycles. The molecule has 2 aromatic carbocycles. The van der Waals surface area contributed by atoms with E-state index in [2.05, 4.69) is 4.90 Å². The Balaban J connectivity index is 1.61. The third-order valence-corrected chi connectivity index (χ3v) is 4.75. The zero-order chi connectivity index (χ0) is 18.7. The second-order valence-electron chi connectivity index (χ2n) is 6.17. The van der Waals surface area contributed by atoms with Crippen LogP contribution in [0.15, 0.2) is 36.4 Å². The first-order valence-electron chi connectivity index (χ1n) is 8.27. The quantitative estimate of drug-likeness (QED) is 0.760. The van der Waals surface area contributed by atoms with Crippen molar-refractivity contribution < 1.29 is 18.3 Å². The fraction of sp³-hybridized carbons (Fsp3) is 0.316. The molecule has 3 rings (SSSR count). The summed E-state index contributed by atoms with van der Waals surface area (Å²) in [5.74, 6) is -1.71. The summed E-state index contributed by atoms with van der Waals surface area (Å²) in [7, 11) is 1.63. The Morgan fingerprint density at radius 1 is 1.12 bits per heavy atom. The summed E-state index contributed by atoms with van der Waals surface area (Å²) >= 11 is 5.90. The molecule has 1 fully saturated rings. The van der Waals surface area contributed by atoms with Gasteiger partial charge in [-0.05, 0) is 29.8 Å². The van der Waals surface area contributed by atoms with E-state index in [0.717, 1.165) is 30.0 Å². The van der Waals surface area contributed by atoms with Gasteiger partial charge in [0.1, 0.15) is 5.75 Å². The molecule has 7 heteroatoms. The van der Waals surface area contributed by atoms with Crippen molar-refractivity contribution >= 4 is 17.5 Å². The summed E-state index contributed by atoms with van der Waals surface area (Å²) in [4.78, 5) is 16.4. The van der Waals surface area contributed by atoms with Gasteiger partial charge >= 0.3 is 0 Å². The average Bonchev–Trinajstić information content (AvgIpc) is 2.65. The number of benzene rings is 2. The third-order valence-electron chi connectivity index (χ3n) is 4.44. The molecular formula is C19H19ClF2N2O2. The zero-order valence-electron chi connectivity index (χ0n) is 14.3. The number of halogens is 3. The number of nitrogens with zero attached hydrogens (tertiary/aromatic N) is 2. The van der Waals surface area contributed by atoms with E-state index in [9.17, 15) is 13.6 Å². The van der Waals surface area contributed by atoms with E-state index in [4.69, 9.17) is 16.3 Å². The standard InChI is InChI=1S/C19H19ClF2N2O2/c1-26-14-4-2-3-13(9-14)12-23-5-7-24(8-6-23)19(25)15-10-17(21)18(22)11-16(15)20/h2-4,9-11H,5-8,12H2,1H3. The minimum Gasteiger partial charge on any atom is -0.497 e. The highest BCUT2D eigenvalue weighted by Gasteiger charge is 2.25. The second-order valence-corrected chi connectivity index (χ2v) is 6.57. The number of rotatable bonds is 4. The summed E-state index contributed by atoms with van der Waals surface area (Å²) in [6.07, 6.45) is 0. The molecule has 1 aliphatic heterocycles. The van der Waals surface area contributed by atoms with Gasteiger partial charge < -0.3 is 9.64 Å². The number of carbonyl (C=O) groups is 1. The van der Waals surface area contributed by atoms with Crippen LogP contribution < -0.4 is 4.74 Å². The molecule has 0 N–H and O–H groups in total. The van der Waals surface area contributed by atoms with E-state index < -0.39 is 11.6 Å². The van der Waals surface area contributed by atoms with Crippen molar-refractivity contribution in [3.05, 3.63) is 64.2 Å². The minimum absolute atomic E-state index is 0.00758. The maximum atomic E-state index is 13.4. The molecular weight excluding hydrogens is 362 g/mol. The first-order chi connectivity index (χ1) is 12.5. The molecule has 0 unspecified atom stereocenters. The molecule has 4 nitrogen and oxygen atoms in total. The molecule has 26 heavy (non-hydrogen) atoms.